The van der Waals surface area contributed by atoms with Gasteiger partial charge in [0.15, 0.2) is 0 Å². The van der Waals surface area contributed by atoms with Crippen molar-refractivity contribution in [2.75, 3.05) is 0 Å². The molecule has 0 aliphatic carbocycles. The van der Waals surface area contributed by atoms with E-state index in [0.717, 1.165) is 6.07 Å². The van der Waals surface area contributed by atoms with Gasteiger partial charge >= 0.3 is 8.32 Å². The maximum absolute atomic E-state index is 13.2. The number of phenols is 2. The third-order valence-electron chi connectivity index (χ3n) is 6.69. The van der Waals surface area contributed by atoms with Crippen molar-refractivity contribution in [3.63, 3.8) is 0 Å². The van der Waals surface area contributed by atoms with Gasteiger partial charge in [0, 0.05) is 12.1 Å². The molecule has 186 valence electrons. The molecule has 0 aliphatic rings. The summed E-state index contributed by atoms with van der Waals surface area (Å²) in [6.45, 7) is 6.66. The van der Waals surface area contributed by atoms with Gasteiger partial charge < -0.3 is 19.1 Å². The molecule has 0 fully saturated rings. The summed E-state index contributed by atoms with van der Waals surface area (Å²) >= 11 is 0. The Balaban J connectivity index is 1.59. The van der Waals surface area contributed by atoms with Gasteiger partial charge in [-0.15, -0.1) is 0 Å². The molecule has 5 aromatic rings. The van der Waals surface area contributed by atoms with Crippen LogP contribution in [0.3, 0.4) is 0 Å². The predicted octanol–water partition coefficient (Wildman–Crippen LogP) is 5.81. The van der Waals surface area contributed by atoms with Crippen LogP contribution in [0.25, 0.3) is 22.1 Å². The van der Waals surface area contributed by atoms with Crippen LogP contribution in [0, 0.1) is 0 Å². The molecule has 1 aromatic heterocycles. The Bertz CT molecular complexity index is 1560. The van der Waals surface area contributed by atoms with E-state index < -0.39 is 8.32 Å². The van der Waals surface area contributed by atoms with Gasteiger partial charge in [-0.1, -0.05) is 93.6 Å². The summed E-state index contributed by atoms with van der Waals surface area (Å²) in [7, 11) is -2.78. The molecule has 1 heterocycles. The molecule has 4 aromatic carbocycles. The van der Waals surface area contributed by atoms with Crippen molar-refractivity contribution >= 4 is 29.7 Å². The van der Waals surface area contributed by atoms with E-state index >= 15 is 0 Å². The molecule has 2 N–H and O–H groups in total. The number of hydrogen-bond acceptors (Lipinski definition) is 5. The number of aromatic hydroxyl groups is 2. The lowest BCUT2D eigenvalue weighted by molar-refractivity contribution is 0.452. The van der Waals surface area contributed by atoms with Gasteiger partial charge in [0.25, 0.3) is 0 Å². The van der Waals surface area contributed by atoms with Crippen LogP contribution in [0.4, 0.5) is 0 Å². The van der Waals surface area contributed by atoms with Gasteiger partial charge in [0.1, 0.15) is 34.5 Å². The van der Waals surface area contributed by atoms with Gasteiger partial charge in [0.05, 0.1) is 5.56 Å². The third-order valence-corrected chi connectivity index (χ3v) is 11.6. The summed E-state index contributed by atoms with van der Waals surface area (Å²) in [6.07, 6.45) is 1.35. The van der Waals surface area contributed by atoms with Crippen molar-refractivity contribution in [3.8, 4) is 28.4 Å². The standard InChI is InChI=1S/C31H28O5Si/c1-31(2,3)37(24-10-6-4-7-11-24,25-12-8-5-9-13-25)36-23-16-14-21(15-17-23)26-20-35-28-19-22(32)18-27(33)29(28)30(26)34/h4-20,32-33H,1-3H3. The van der Waals surface area contributed by atoms with E-state index in [4.69, 9.17) is 8.84 Å². The maximum Gasteiger partial charge on any atom is 0.319 e. The van der Waals surface area contributed by atoms with Gasteiger partial charge in [-0.05, 0) is 33.1 Å². The first-order chi connectivity index (χ1) is 17.7. The van der Waals surface area contributed by atoms with Crippen molar-refractivity contribution in [3.05, 3.63) is 114 Å². The summed E-state index contributed by atoms with van der Waals surface area (Å²) in [5.41, 5.74) is 0.695. The fourth-order valence-electron chi connectivity index (χ4n) is 4.95. The van der Waals surface area contributed by atoms with E-state index in [1.54, 1.807) is 0 Å². The molecule has 0 spiro atoms. The Morgan fingerprint density at radius 2 is 1.35 bits per heavy atom. The topological polar surface area (TPSA) is 79.9 Å². The lowest BCUT2D eigenvalue weighted by atomic mass is 10.0. The summed E-state index contributed by atoms with van der Waals surface area (Å²) in [5.74, 6) is 0.207. The average molecular weight is 509 g/mol. The molecule has 5 nitrogen and oxygen atoms in total. The molecular weight excluding hydrogens is 480 g/mol. The lowest BCUT2D eigenvalue weighted by Crippen LogP contribution is -2.68. The highest BCUT2D eigenvalue weighted by atomic mass is 28.4. The summed E-state index contributed by atoms with van der Waals surface area (Å²) in [6, 6.07) is 30.6. The highest BCUT2D eigenvalue weighted by Gasteiger charge is 2.52. The van der Waals surface area contributed by atoms with Crippen LogP contribution in [-0.2, 0) is 0 Å². The van der Waals surface area contributed by atoms with E-state index in [1.807, 2.05) is 60.7 Å². The van der Waals surface area contributed by atoms with Gasteiger partial charge in [-0.25, -0.2) is 0 Å². The molecule has 0 unspecified atom stereocenters. The molecular formula is C31H28O5Si. The van der Waals surface area contributed by atoms with Crippen LogP contribution < -0.4 is 20.2 Å². The van der Waals surface area contributed by atoms with Crippen molar-refractivity contribution in [1.29, 1.82) is 0 Å². The molecule has 0 radical (unpaired) electrons. The van der Waals surface area contributed by atoms with Crippen LogP contribution in [0.15, 0.2) is 113 Å². The molecule has 5 rings (SSSR count). The summed E-state index contributed by atoms with van der Waals surface area (Å²) in [4.78, 5) is 13.2. The second-order valence-electron chi connectivity index (χ2n) is 10.1. The second kappa shape index (κ2) is 9.30. The number of hydrogen-bond donors (Lipinski definition) is 2. The lowest BCUT2D eigenvalue weighted by Gasteiger charge is -2.43. The smallest absolute Gasteiger partial charge is 0.319 e. The molecule has 0 aliphatic heterocycles. The maximum atomic E-state index is 13.2. The molecule has 0 amide bonds. The normalized spacial score (nSPS) is 12.0. The molecule has 0 saturated carbocycles. The Hall–Kier alpha value is -4.29. The van der Waals surface area contributed by atoms with Gasteiger partial charge in [-0.3, -0.25) is 4.79 Å². The average Bonchev–Trinajstić information content (AvgIpc) is 2.88. The number of fused-ring (bicyclic) bond motifs is 1. The molecule has 6 heteroatoms. The second-order valence-corrected chi connectivity index (χ2v) is 14.3. The SMILES string of the molecule is CC(C)(C)[Si](Oc1ccc(-c2coc3cc(O)cc(O)c3c2=O)cc1)(c1ccccc1)c1ccccc1. The molecule has 37 heavy (non-hydrogen) atoms. The molecule has 0 saturated heterocycles. The van der Waals surface area contributed by atoms with E-state index in [0.29, 0.717) is 16.9 Å². The minimum absolute atomic E-state index is 0.0305. The Kier molecular flexibility index (Phi) is 6.13. The van der Waals surface area contributed by atoms with Crippen LogP contribution >= 0.6 is 0 Å². The molecule has 0 bridgehead atoms. The monoisotopic (exact) mass is 508 g/mol. The van der Waals surface area contributed by atoms with Crippen molar-refractivity contribution in [2.24, 2.45) is 0 Å². The van der Waals surface area contributed by atoms with Crippen molar-refractivity contribution in [2.45, 2.75) is 25.8 Å². The highest BCUT2D eigenvalue weighted by molar-refractivity contribution is 7.00. The number of rotatable bonds is 5. The minimum Gasteiger partial charge on any atom is -0.534 e. The van der Waals surface area contributed by atoms with Crippen LogP contribution in [0.2, 0.25) is 5.04 Å². The fraction of sp³-hybridized carbons (Fsp3) is 0.129. The van der Waals surface area contributed by atoms with Gasteiger partial charge in [-0.2, -0.15) is 0 Å². The highest BCUT2D eigenvalue weighted by Crippen LogP contribution is 2.38. The van der Waals surface area contributed by atoms with Crippen molar-refractivity contribution < 1.29 is 19.1 Å². The quantitative estimate of drug-likeness (QED) is 0.293. The number of phenolic OH excluding ortho intramolecular Hbond substituents is 2. The van der Waals surface area contributed by atoms with E-state index in [9.17, 15) is 15.0 Å². The largest absolute Gasteiger partial charge is 0.534 e. The van der Waals surface area contributed by atoms with E-state index in [2.05, 4.69) is 45.0 Å². The number of benzene rings is 4. The first kappa shape index (κ1) is 24.4. The summed E-state index contributed by atoms with van der Waals surface area (Å²) in [5, 5.41) is 22.1. The Labute approximate surface area is 216 Å². The van der Waals surface area contributed by atoms with E-state index in [-0.39, 0.29) is 32.9 Å². The van der Waals surface area contributed by atoms with Crippen LogP contribution in [0.1, 0.15) is 20.8 Å². The molecule has 0 atom stereocenters. The minimum atomic E-state index is -2.78. The zero-order chi connectivity index (χ0) is 26.2. The van der Waals surface area contributed by atoms with Crippen molar-refractivity contribution in [1.82, 2.24) is 0 Å². The van der Waals surface area contributed by atoms with Crippen LogP contribution in [0.5, 0.6) is 17.2 Å². The zero-order valence-corrected chi connectivity index (χ0v) is 21.9. The third kappa shape index (κ3) is 4.30. The van der Waals surface area contributed by atoms with E-state index in [1.165, 1.54) is 22.7 Å². The Morgan fingerprint density at radius 3 is 1.89 bits per heavy atom. The zero-order valence-electron chi connectivity index (χ0n) is 20.9. The predicted molar refractivity (Wildman–Crippen MR) is 149 cm³/mol. The first-order valence-electron chi connectivity index (χ1n) is 12.1. The van der Waals surface area contributed by atoms with Crippen LogP contribution in [-0.4, -0.2) is 18.5 Å². The Morgan fingerprint density at radius 1 is 0.784 bits per heavy atom. The summed E-state index contributed by atoms with van der Waals surface area (Å²) < 4.78 is 12.6. The first-order valence-corrected chi connectivity index (χ1v) is 14.0. The fourth-order valence-corrected chi connectivity index (χ4v) is 9.37. The van der Waals surface area contributed by atoms with Gasteiger partial charge in [0.2, 0.25) is 5.43 Å².